The van der Waals surface area contributed by atoms with Crippen LogP contribution < -0.4 is 9.64 Å². The molecule has 2 heterocycles. The van der Waals surface area contributed by atoms with E-state index in [0.717, 1.165) is 42.8 Å². The molecule has 0 radical (unpaired) electrons. The van der Waals surface area contributed by atoms with Crippen LogP contribution in [0.3, 0.4) is 0 Å². The number of aromatic nitrogens is 1. The van der Waals surface area contributed by atoms with Crippen LogP contribution in [-0.4, -0.2) is 28.6 Å². The molecule has 0 amide bonds. The molecule has 26 heavy (non-hydrogen) atoms. The van der Waals surface area contributed by atoms with Gasteiger partial charge in [0.05, 0.1) is 18.1 Å². The first-order valence-electron chi connectivity index (χ1n) is 9.23. The Morgan fingerprint density at radius 2 is 2.12 bits per heavy atom. The average molecular weight is 354 g/mol. The molecule has 1 fully saturated rings. The molecule has 0 aliphatic carbocycles. The van der Waals surface area contributed by atoms with Crippen LogP contribution in [0.25, 0.3) is 0 Å². The maximum Gasteiger partial charge on any atom is 0.303 e. The lowest BCUT2D eigenvalue weighted by Crippen LogP contribution is -2.29. The second-order valence-corrected chi connectivity index (χ2v) is 6.93. The molecule has 1 aliphatic rings. The molecule has 1 unspecified atom stereocenters. The number of hydrogen-bond acceptors (Lipinski definition) is 4. The van der Waals surface area contributed by atoms with E-state index in [2.05, 4.69) is 41.1 Å². The molecule has 1 atom stereocenters. The molecule has 1 aromatic heterocycles. The van der Waals surface area contributed by atoms with Gasteiger partial charge in [-0.1, -0.05) is 29.8 Å². The lowest BCUT2D eigenvalue weighted by atomic mass is 10.1. The molecular weight excluding hydrogens is 328 g/mol. The Morgan fingerprint density at radius 1 is 1.31 bits per heavy atom. The van der Waals surface area contributed by atoms with Crippen LogP contribution in [0.15, 0.2) is 42.7 Å². The Labute approximate surface area is 154 Å². The van der Waals surface area contributed by atoms with E-state index in [4.69, 9.17) is 9.84 Å². The summed E-state index contributed by atoms with van der Waals surface area (Å²) >= 11 is 0. The lowest BCUT2D eigenvalue weighted by molar-refractivity contribution is -0.137. The molecule has 1 N–H and O–H groups in total. The summed E-state index contributed by atoms with van der Waals surface area (Å²) in [5.74, 6) is 0.0435. The minimum Gasteiger partial charge on any atom is -0.487 e. The van der Waals surface area contributed by atoms with Gasteiger partial charge in [0.1, 0.15) is 12.4 Å². The SMILES string of the molecule is Cc1ccc(COc2cncc(N3CCCC3CCCC(=O)O)c2)cc1. The van der Waals surface area contributed by atoms with Crippen molar-refractivity contribution < 1.29 is 14.6 Å². The van der Waals surface area contributed by atoms with E-state index in [-0.39, 0.29) is 6.42 Å². The second-order valence-electron chi connectivity index (χ2n) is 6.93. The molecule has 5 heteroatoms. The minimum atomic E-state index is -0.720. The van der Waals surface area contributed by atoms with Gasteiger partial charge >= 0.3 is 5.97 Å². The van der Waals surface area contributed by atoms with Crippen LogP contribution in [0.1, 0.15) is 43.2 Å². The van der Waals surface area contributed by atoms with Gasteiger partial charge in [0, 0.05) is 25.1 Å². The molecule has 3 rings (SSSR count). The highest BCUT2D eigenvalue weighted by atomic mass is 16.5. The van der Waals surface area contributed by atoms with Crippen LogP contribution in [-0.2, 0) is 11.4 Å². The summed E-state index contributed by atoms with van der Waals surface area (Å²) < 4.78 is 5.91. The predicted molar refractivity (Wildman–Crippen MR) is 102 cm³/mol. The summed E-state index contributed by atoms with van der Waals surface area (Å²) in [5.41, 5.74) is 3.43. The number of aliphatic carboxylic acids is 1. The van der Waals surface area contributed by atoms with Gasteiger partial charge < -0.3 is 14.7 Å². The standard InChI is InChI=1S/C21H26N2O3/c1-16-7-9-17(10-8-16)15-26-20-12-19(13-22-14-20)23-11-3-5-18(23)4-2-6-21(24)25/h7-10,12-14,18H,2-6,11,15H2,1H3,(H,24,25). The molecule has 0 bridgehead atoms. The maximum absolute atomic E-state index is 10.7. The van der Waals surface area contributed by atoms with Crippen molar-refractivity contribution in [2.45, 2.75) is 51.7 Å². The molecule has 1 aromatic carbocycles. The van der Waals surface area contributed by atoms with Crippen molar-refractivity contribution in [3.05, 3.63) is 53.9 Å². The molecular formula is C21H26N2O3. The largest absolute Gasteiger partial charge is 0.487 e. The molecule has 5 nitrogen and oxygen atoms in total. The Bertz CT molecular complexity index is 730. The van der Waals surface area contributed by atoms with Gasteiger partial charge in [-0.2, -0.15) is 0 Å². The van der Waals surface area contributed by atoms with Crippen LogP contribution in [0.2, 0.25) is 0 Å². The van der Waals surface area contributed by atoms with Crippen molar-refractivity contribution in [2.75, 3.05) is 11.4 Å². The summed E-state index contributed by atoms with van der Waals surface area (Å²) in [7, 11) is 0. The highest BCUT2D eigenvalue weighted by molar-refractivity contribution is 5.66. The van der Waals surface area contributed by atoms with Crippen molar-refractivity contribution in [1.29, 1.82) is 0 Å². The fourth-order valence-corrected chi connectivity index (χ4v) is 3.46. The van der Waals surface area contributed by atoms with Crippen LogP contribution in [0, 0.1) is 6.92 Å². The zero-order chi connectivity index (χ0) is 18.4. The van der Waals surface area contributed by atoms with Gasteiger partial charge in [0.2, 0.25) is 0 Å². The molecule has 138 valence electrons. The first-order chi connectivity index (χ1) is 12.6. The quantitative estimate of drug-likeness (QED) is 0.770. The van der Waals surface area contributed by atoms with Gasteiger partial charge in [-0.15, -0.1) is 0 Å². The number of aryl methyl sites for hydroxylation is 1. The Balaban J connectivity index is 1.60. The lowest BCUT2D eigenvalue weighted by Gasteiger charge is -2.26. The third-order valence-electron chi connectivity index (χ3n) is 4.86. The predicted octanol–water partition coefficient (Wildman–Crippen LogP) is 4.19. The Kier molecular flexibility index (Phi) is 6.10. The third-order valence-corrected chi connectivity index (χ3v) is 4.86. The number of rotatable bonds is 8. The monoisotopic (exact) mass is 354 g/mol. The first-order valence-corrected chi connectivity index (χ1v) is 9.23. The summed E-state index contributed by atoms with van der Waals surface area (Å²) in [6.07, 6.45) is 7.71. The topological polar surface area (TPSA) is 62.7 Å². The van der Waals surface area contributed by atoms with Crippen molar-refractivity contribution in [2.24, 2.45) is 0 Å². The van der Waals surface area contributed by atoms with E-state index >= 15 is 0 Å². The van der Waals surface area contributed by atoms with Crippen molar-refractivity contribution >= 4 is 11.7 Å². The summed E-state index contributed by atoms with van der Waals surface area (Å²) in [4.78, 5) is 17.4. The molecule has 0 spiro atoms. The van der Waals surface area contributed by atoms with Crippen LogP contribution >= 0.6 is 0 Å². The van der Waals surface area contributed by atoms with E-state index in [9.17, 15) is 4.79 Å². The van der Waals surface area contributed by atoms with E-state index in [0.29, 0.717) is 19.1 Å². The Morgan fingerprint density at radius 3 is 2.88 bits per heavy atom. The number of hydrogen-bond donors (Lipinski definition) is 1. The van der Waals surface area contributed by atoms with E-state index in [1.54, 1.807) is 6.20 Å². The smallest absolute Gasteiger partial charge is 0.303 e. The number of anilines is 1. The number of ether oxygens (including phenoxy) is 1. The number of nitrogens with zero attached hydrogens (tertiary/aromatic N) is 2. The normalized spacial score (nSPS) is 16.7. The van der Waals surface area contributed by atoms with Crippen molar-refractivity contribution in [3.8, 4) is 5.75 Å². The van der Waals surface area contributed by atoms with Crippen molar-refractivity contribution in [1.82, 2.24) is 4.98 Å². The van der Waals surface area contributed by atoms with Gasteiger partial charge in [-0.05, 0) is 38.2 Å². The summed E-state index contributed by atoms with van der Waals surface area (Å²) in [6.45, 7) is 3.58. The molecule has 2 aromatic rings. The average Bonchev–Trinajstić information content (AvgIpc) is 3.10. The first kappa shape index (κ1) is 18.2. The van der Waals surface area contributed by atoms with Gasteiger partial charge in [0.15, 0.2) is 0 Å². The van der Waals surface area contributed by atoms with E-state index in [1.807, 2.05) is 12.3 Å². The number of pyridine rings is 1. The molecule has 1 aliphatic heterocycles. The number of benzene rings is 1. The minimum absolute atomic E-state index is 0.238. The second kappa shape index (κ2) is 8.70. The van der Waals surface area contributed by atoms with Crippen LogP contribution in [0.5, 0.6) is 5.75 Å². The fourth-order valence-electron chi connectivity index (χ4n) is 3.46. The van der Waals surface area contributed by atoms with Gasteiger partial charge in [-0.25, -0.2) is 0 Å². The zero-order valence-corrected chi connectivity index (χ0v) is 15.2. The fraction of sp³-hybridized carbons (Fsp3) is 0.429. The summed E-state index contributed by atoms with van der Waals surface area (Å²) in [6, 6.07) is 10.7. The van der Waals surface area contributed by atoms with Gasteiger partial charge in [0.25, 0.3) is 0 Å². The number of carboxylic acid groups (broad SMARTS) is 1. The number of carbonyl (C=O) groups is 1. The molecule has 1 saturated heterocycles. The highest BCUT2D eigenvalue weighted by Crippen LogP contribution is 2.30. The van der Waals surface area contributed by atoms with Gasteiger partial charge in [-0.3, -0.25) is 9.78 Å². The number of carboxylic acids is 1. The third kappa shape index (κ3) is 4.97. The van der Waals surface area contributed by atoms with Crippen LogP contribution in [0.4, 0.5) is 5.69 Å². The van der Waals surface area contributed by atoms with E-state index in [1.165, 1.54) is 5.56 Å². The molecule has 0 saturated carbocycles. The Hall–Kier alpha value is -2.56. The zero-order valence-electron chi connectivity index (χ0n) is 15.2. The van der Waals surface area contributed by atoms with Crippen molar-refractivity contribution in [3.63, 3.8) is 0 Å². The highest BCUT2D eigenvalue weighted by Gasteiger charge is 2.25. The summed E-state index contributed by atoms with van der Waals surface area (Å²) in [5, 5.41) is 8.83. The maximum atomic E-state index is 10.7. The van der Waals surface area contributed by atoms with E-state index < -0.39 is 5.97 Å².